The summed E-state index contributed by atoms with van der Waals surface area (Å²) in [7, 11) is 0. The van der Waals surface area contributed by atoms with Crippen LogP contribution in [0.2, 0.25) is 0 Å². The SMILES string of the molecule is CCCc1ccc(C(O)c2cc(C)cc(Br)c2)cc1. The molecular formula is C17H19BrO. The highest BCUT2D eigenvalue weighted by Gasteiger charge is 2.11. The van der Waals surface area contributed by atoms with Gasteiger partial charge in [-0.25, -0.2) is 0 Å². The number of aliphatic hydroxyl groups excluding tert-OH is 1. The van der Waals surface area contributed by atoms with Gasteiger partial charge >= 0.3 is 0 Å². The maximum atomic E-state index is 10.4. The molecule has 1 N–H and O–H groups in total. The zero-order valence-electron chi connectivity index (χ0n) is 11.4. The molecule has 19 heavy (non-hydrogen) atoms. The second kappa shape index (κ2) is 6.36. The zero-order chi connectivity index (χ0) is 13.8. The van der Waals surface area contributed by atoms with Gasteiger partial charge < -0.3 is 5.11 Å². The molecule has 2 heteroatoms. The molecule has 0 aliphatic heterocycles. The van der Waals surface area contributed by atoms with E-state index in [-0.39, 0.29) is 0 Å². The minimum absolute atomic E-state index is 0.563. The molecule has 100 valence electrons. The third kappa shape index (κ3) is 3.68. The lowest BCUT2D eigenvalue weighted by atomic mass is 9.98. The summed E-state index contributed by atoms with van der Waals surface area (Å²) in [5.41, 5.74) is 4.34. The molecule has 1 atom stereocenters. The van der Waals surface area contributed by atoms with Crippen molar-refractivity contribution in [1.29, 1.82) is 0 Å². The Labute approximate surface area is 123 Å². The van der Waals surface area contributed by atoms with Crippen LogP contribution >= 0.6 is 15.9 Å². The van der Waals surface area contributed by atoms with Crippen LogP contribution in [0.5, 0.6) is 0 Å². The molecular weight excluding hydrogens is 300 g/mol. The van der Waals surface area contributed by atoms with Crippen molar-refractivity contribution >= 4 is 15.9 Å². The van der Waals surface area contributed by atoms with Gasteiger partial charge in [-0.1, -0.05) is 59.6 Å². The van der Waals surface area contributed by atoms with Crippen LogP contribution in [-0.2, 0) is 6.42 Å². The monoisotopic (exact) mass is 318 g/mol. The van der Waals surface area contributed by atoms with Crippen molar-refractivity contribution in [2.24, 2.45) is 0 Å². The summed E-state index contributed by atoms with van der Waals surface area (Å²) in [6.45, 7) is 4.21. The average molecular weight is 319 g/mol. The lowest BCUT2D eigenvalue weighted by molar-refractivity contribution is 0.220. The van der Waals surface area contributed by atoms with Gasteiger partial charge in [0.15, 0.2) is 0 Å². The van der Waals surface area contributed by atoms with Gasteiger partial charge in [-0.15, -0.1) is 0 Å². The van der Waals surface area contributed by atoms with Crippen molar-refractivity contribution in [3.63, 3.8) is 0 Å². The number of rotatable bonds is 4. The van der Waals surface area contributed by atoms with Crippen molar-refractivity contribution in [2.45, 2.75) is 32.8 Å². The van der Waals surface area contributed by atoms with Crippen molar-refractivity contribution in [3.8, 4) is 0 Å². The van der Waals surface area contributed by atoms with E-state index < -0.39 is 6.10 Å². The first kappa shape index (κ1) is 14.3. The lowest BCUT2D eigenvalue weighted by Gasteiger charge is -2.13. The number of hydrogen-bond donors (Lipinski definition) is 1. The molecule has 0 saturated carbocycles. The van der Waals surface area contributed by atoms with Gasteiger partial charge in [0.25, 0.3) is 0 Å². The largest absolute Gasteiger partial charge is 0.384 e. The maximum absolute atomic E-state index is 10.4. The Kier molecular flexibility index (Phi) is 4.78. The van der Waals surface area contributed by atoms with Crippen LogP contribution in [0.4, 0.5) is 0 Å². The molecule has 2 aromatic carbocycles. The second-order valence-electron chi connectivity index (χ2n) is 4.96. The Morgan fingerprint density at radius 2 is 1.74 bits per heavy atom. The van der Waals surface area contributed by atoms with Crippen LogP contribution in [-0.4, -0.2) is 5.11 Å². The summed E-state index contributed by atoms with van der Waals surface area (Å²) in [6, 6.07) is 14.3. The standard InChI is InChI=1S/C17H19BrO/c1-3-4-13-5-7-14(8-6-13)17(19)15-9-12(2)10-16(18)11-15/h5-11,17,19H,3-4H2,1-2H3. The van der Waals surface area contributed by atoms with E-state index in [1.54, 1.807) is 0 Å². The maximum Gasteiger partial charge on any atom is 0.104 e. The van der Waals surface area contributed by atoms with E-state index in [0.717, 1.165) is 34.0 Å². The van der Waals surface area contributed by atoms with Crippen molar-refractivity contribution < 1.29 is 5.11 Å². The zero-order valence-corrected chi connectivity index (χ0v) is 12.9. The highest BCUT2D eigenvalue weighted by Crippen LogP contribution is 2.26. The van der Waals surface area contributed by atoms with Gasteiger partial charge in [0.2, 0.25) is 0 Å². The van der Waals surface area contributed by atoms with E-state index in [9.17, 15) is 5.11 Å². The predicted octanol–water partition coefficient (Wildman–Crippen LogP) is 4.79. The Balaban J connectivity index is 2.25. The summed E-state index contributed by atoms with van der Waals surface area (Å²) in [5.74, 6) is 0. The minimum Gasteiger partial charge on any atom is -0.384 e. The summed E-state index contributed by atoms with van der Waals surface area (Å²) in [4.78, 5) is 0. The third-order valence-corrected chi connectivity index (χ3v) is 3.67. The summed E-state index contributed by atoms with van der Waals surface area (Å²) >= 11 is 3.47. The fraction of sp³-hybridized carbons (Fsp3) is 0.294. The topological polar surface area (TPSA) is 20.2 Å². The van der Waals surface area contributed by atoms with Crippen molar-refractivity contribution in [3.05, 3.63) is 69.2 Å². The molecule has 2 rings (SSSR count). The molecule has 0 aliphatic carbocycles. The Morgan fingerprint density at radius 3 is 2.32 bits per heavy atom. The summed E-state index contributed by atoms with van der Waals surface area (Å²) in [6.07, 6.45) is 1.67. The number of aliphatic hydroxyl groups is 1. The molecule has 1 nitrogen and oxygen atoms in total. The van der Waals surface area contributed by atoms with Crippen LogP contribution in [0.15, 0.2) is 46.9 Å². The number of hydrogen-bond acceptors (Lipinski definition) is 1. The normalized spacial score (nSPS) is 12.4. The second-order valence-corrected chi connectivity index (χ2v) is 5.87. The van der Waals surface area contributed by atoms with Crippen LogP contribution < -0.4 is 0 Å². The smallest absolute Gasteiger partial charge is 0.104 e. The van der Waals surface area contributed by atoms with E-state index in [1.807, 2.05) is 37.3 Å². The number of benzene rings is 2. The van der Waals surface area contributed by atoms with Gasteiger partial charge in [-0.3, -0.25) is 0 Å². The number of halogens is 1. The van der Waals surface area contributed by atoms with E-state index in [2.05, 4.69) is 35.0 Å². The lowest BCUT2D eigenvalue weighted by Crippen LogP contribution is -2.00. The van der Waals surface area contributed by atoms with Gasteiger partial charge in [0.05, 0.1) is 0 Å². The first-order valence-corrected chi connectivity index (χ1v) is 7.43. The van der Waals surface area contributed by atoms with Gasteiger partial charge in [0.1, 0.15) is 6.10 Å². The molecule has 0 aromatic heterocycles. The predicted molar refractivity (Wildman–Crippen MR) is 83.4 cm³/mol. The van der Waals surface area contributed by atoms with Crippen LogP contribution in [0.3, 0.4) is 0 Å². The third-order valence-electron chi connectivity index (χ3n) is 3.21. The van der Waals surface area contributed by atoms with E-state index >= 15 is 0 Å². The first-order valence-electron chi connectivity index (χ1n) is 6.64. The van der Waals surface area contributed by atoms with E-state index in [4.69, 9.17) is 0 Å². The van der Waals surface area contributed by atoms with Crippen LogP contribution in [0.1, 0.15) is 41.7 Å². The quantitative estimate of drug-likeness (QED) is 0.859. The number of aryl methyl sites for hydroxylation is 2. The van der Waals surface area contributed by atoms with Crippen LogP contribution in [0, 0.1) is 6.92 Å². The Hall–Kier alpha value is -1.12. The molecule has 0 fully saturated rings. The molecule has 0 bridgehead atoms. The van der Waals surface area contributed by atoms with Crippen molar-refractivity contribution in [1.82, 2.24) is 0 Å². The van der Waals surface area contributed by atoms with E-state index in [0.29, 0.717) is 0 Å². The molecule has 0 amide bonds. The molecule has 0 radical (unpaired) electrons. The van der Waals surface area contributed by atoms with Crippen LogP contribution in [0.25, 0.3) is 0 Å². The molecule has 2 aromatic rings. The van der Waals surface area contributed by atoms with Gasteiger partial charge in [0, 0.05) is 4.47 Å². The molecule has 1 unspecified atom stereocenters. The van der Waals surface area contributed by atoms with Gasteiger partial charge in [-0.2, -0.15) is 0 Å². The molecule has 0 heterocycles. The summed E-state index contributed by atoms with van der Waals surface area (Å²) < 4.78 is 1.00. The highest BCUT2D eigenvalue weighted by molar-refractivity contribution is 9.10. The van der Waals surface area contributed by atoms with E-state index in [1.165, 1.54) is 5.56 Å². The average Bonchev–Trinajstić information content (AvgIpc) is 2.38. The Bertz CT molecular complexity index is 525. The molecule has 0 aliphatic rings. The molecule has 0 spiro atoms. The van der Waals surface area contributed by atoms with Gasteiger partial charge in [-0.05, 0) is 47.7 Å². The summed E-state index contributed by atoms with van der Waals surface area (Å²) in [5, 5.41) is 10.4. The fourth-order valence-electron chi connectivity index (χ4n) is 2.27. The first-order chi connectivity index (χ1) is 9.10. The molecule has 0 saturated heterocycles. The fourth-order valence-corrected chi connectivity index (χ4v) is 2.90. The highest BCUT2D eigenvalue weighted by atomic mass is 79.9. The van der Waals surface area contributed by atoms with Crippen molar-refractivity contribution in [2.75, 3.05) is 0 Å². The minimum atomic E-state index is -0.563. The Morgan fingerprint density at radius 1 is 1.05 bits per heavy atom.